The summed E-state index contributed by atoms with van der Waals surface area (Å²) in [6.45, 7) is 5.05. The molecule has 5 heteroatoms. The molecule has 0 radical (unpaired) electrons. The first-order chi connectivity index (χ1) is 9.08. The molecule has 0 amide bonds. The number of nitro groups is 1. The van der Waals surface area contributed by atoms with Crippen LogP contribution in [0.15, 0.2) is 18.2 Å². The molecule has 1 aromatic carbocycles. The van der Waals surface area contributed by atoms with Gasteiger partial charge in [-0.15, -0.1) is 0 Å². The molecule has 1 atom stereocenters. The van der Waals surface area contributed by atoms with Crippen LogP contribution in [0.1, 0.15) is 38.7 Å². The number of hydrogen-bond donors (Lipinski definition) is 1. The Kier molecular flexibility index (Phi) is 6.42. The predicted molar refractivity (Wildman–Crippen MR) is 73.7 cm³/mol. The maximum absolute atomic E-state index is 13.1. The van der Waals surface area contributed by atoms with Gasteiger partial charge in [0.1, 0.15) is 5.82 Å². The van der Waals surface area contributed by atoms with Crippen molar-refractivity contribution >= 4 is 5.69 Å². The van der Waals surface area contributed by atoms with Crippen LogP contribution in [0.3, 0.4) is 0 Å². The van der Waals surface area contributed by atoms with E-state index in [2.05, 4.69) is 19.2 Å². The molecule has 0 aromatic heterocycles. The zero-order valence-electron chi connectivity index (χ0n) is 11.5. The van der Waals surface area contributed by atoms with Gasteiger partial charge < -0.3 is 5.32 Å². The fourth-order valence-electron chi connectivity index (χ4n) is 2.12. The third-order valence-electron chi connectivity index (χ3n) is 3.03. The monoisotopic (exact) mass is 268 g/mol. The van der Waals surface area contributed by atoms with Gasteiger partial charge in [0.25, 0.3) is 5.69 Å². The molecule has 0 aliphatic heterocycles. The summed E-state index contributed by atoms with van der Waals surface area (Å²) in [5, 5.41) is 14.3. The van der Waals surface area contributed by atoms with Gasteiger partial charge in [-0.25, -0.2) is 4.39 Å². The van der Waals surface area contributed by atoms with E-state index in [1.165, 1.54) is 12.1 Å². The summed E-state index contributed by atoms with van der Waals surface area (Å²) in [7, 11) is 0. The van der Waals surface area contributed by atoms with Crippen LogP contribution in [0.5, 0.6) is 0 Å². The van der Waals surface area contributed by atoms with Crippen LogP contribution < -0.4 is 5.32 Å². The number of nitrogens with zero attached hydrogens (tertiary/aromatic N) is 1. The molecule has 1 rings (SSSR count). The fraction of sp³-hybridized carbons (Fsp3) is 0.571. The second-order valence-corrected chi connectivity index (χ2v) is 4.67. The van der Waals surface area contributed by atoms with Gasteiger partial charge in [0.2, 0.25) is 0 Å². The lowest BCUT2D eigenvalue weighted by Crippen LogP contribution is -2.31. The smallest absolute Gasteiger partial charge is 0.275 e. The van der Waals surface area contributed by atoms with Crippen molar-refractivity contribution in [1.29, 1.82) is 0 Å². The van der Waals surface area contributed by atoms with Crippen molar-refractivity contribution in [2.45, 2.75) is 45.6 Å². The average molecular weight is 268 g/mol. The van der Waals surface area contributed by atoms with Crippen molar-refractivity contribution < 1.29 is 9.31 Å². The van der Waals surface area contributed by atoms with E-state index in [4.69, 9.17) is 0 Å². The lowest BCUT2D eigenvalue weighted by Gasteiger charge is -2.17. The van der Waals surface area contributed by atoms with Gasteiger partial charge in [0.15, 0.2) is 0 Å². The molecule has 0 heterocycles. The largest absolute Gasteiger partial charge is 0.314 e. The quantitative estimate of drug-likeness (QED) is 0.580. The Balaban J connectivity index is 2.85. The van der Waals surface area contributed by atoms with Crippen molar-refractivity contribution in [2.24, 2.45) is 0 Å². The Morgan fingerprint density at radius 3 is 2.68 bits per heavy atom. The standard InChI is InChI=1S/C14H21FN2O2/c1-3-5-13(16-8-4-2)9-11-6-7-12(15)10-14(11)17(18)19/h6-7,10,13,16H,3-5,8-9H2,1-2H3. The van der Waals surface area contributed by atoms with E-state index < -0.39 is 10.7 Å². The average Bonchev–Trinajstić information content (AvgIpc) is 2.38. The Hall–Kier alpha value is -1.49. The van der Waals surface area contributed by atoms with Crippen molar-refractivity contribution in [2.75, 3.05) is 6.54 Å². The fourth-order valence-corrected chi connectivity index (χ4v) is 2.12. The van der Waals surface area contributed by atoms with Crippen LogP contribution in [0.4, 0.5) is 10.1 Å². The molecule has 106 valence electrons. The van der Waals surface area contributed by atoms with Crippen LogP contribution in [0, 0.1) is 15.9 Å². The van der Waals surface area contributed by atoms with E-state index in [1.54, 1.807) is 0 Å². The van der Waals surface area contributed by atoms with Crippen LogP contribution in [0.25, 0.3) is 0 Å². The van der Waals surface area contributed by atoms with Crippen molar-refractivity contribution in [3.63, 3.8) is 0 Å². The van der Waals surface area contributed by atoms with Crippen molar-refractivity contribution in [3.05, 3.63) is 39.7 Å². The molecule has 1 unspecified atom stereocenters. The predicted octanol–water partition coefficient (Wildman–Crippen LogP) is 3.44. The van der Waals surface area contributed by atoms with Gasteiger partial charge in [-0.05, 0) is 37.9 Å². The summed E-state index contributed by atoms with van der Waals surface area (Å²) in [4.78, 5) is 10.4. The molecule has 1 N–H and O–H groups in total. The summed E-state index contributed by atoms with van der Waals surface area (Å²) in [6.07, 6.45) is 3.54. The topological polar surface area (TPSA) is 55.2 Å². The van der Waals surface area contributed by atoms with E-state index in [9.17, 15) is 14.5 Å². The van der Waals surface area contributed by atoms with Crippen LogP contribution in [-0.4, -0.2) is 17.5 Å². The van der Waals surface area contributed by atoms with Crippen LogP contribution in [-0.2, 0) is 6.42 Å². The summed E-state index contributed by atoms with van der Waals surface area (Å²) in [5.41, 5.74) is 0.466. The number of halogens is 1. The molecule has 0 saturated heterocycles. The minimum atomic E-state index is -0.566. The lowest BCUT2D eigenvalue weighted by molar-refractivity contribution is -0.385. The molecule has 0 bridgehead atoms. The zero-order valence-corrected chi connectivity index (χ0v) is 11.5. The van der Waals surface area contributed by atoms with E-state index in [1.807, 2.05) is 0 Å². The molecule has 0 fully saturated rings. The molecule has 19 heavy (non-hydrogen) atoms. The van der Waals surface area contributed by atoms with Gasteiger partial charge >= 0.3 is 0 Å². The summed E-state index contributed by atoms with van der Waals surface area (Å²) in [5.74, 6) is -0.566. The first kappa shape index (κ1) is 15.6. The van der Waals surface area contributed by atoms with Gasteiger partial charge in [0.05, 0.1) is 11.0 Å². The maximum Gasteiger partial charge on any atom is 0.275 e. The summed E-state index contributed by atoms with van der Waals surface area (Å²) in [6, 6.07) is 4.00. The third kappa shape index (κ3) is 4.95. The number of rotatable bonds is 8. The molecule has 4 nitrogen and oxygen atoms in total. The SMILES string of the molecule is CCCNC(CCC)Cc1ccc(F)cc1[N+](=O)[O-]. The van der Waals surface area contributed by atoms with E-state index in [0.717, 1.165) is 31.9 Å². The van der Waals surface area contributed by atoms with Crippen molar-refractivity contribution in [3.8, 4) is 0 Å². The van der Waals surface area contributed by atoms with Gasteiger partial charge in [-0.2, -0.15) is 0 Å². The van der Waals surface area contributed by atoms with E-state index in [-0.39, 0.29) is 11.7 Å². The zero-order chi connectivity index (χ0) is 14.3. The van der Waals surface area contributed by atoms with Gasteiger partial charge in [-0.3, -0.25) is 10.1 Å². The molecular formula is C14H21FN2O2. The highest BCUT2D eigenvalue weighted by Crippen LogP contribution is 2.22. The summed E-state index contributed by atoms with van der Waals surface area (Å²) >= 11 is 0. The number of hydrogen-bond acceptors (Lipinski definition) is 3. The molecule has 0 aliphatic carbocycles. The Bertz CT molecular complexity index is 424. The Morgan fingerprint density at radius 2 is 2.11 bits per heavy atom. The minimum Gasteiger partial charge on any atom is -0.314 e. The van der Waals surface area contributed by atoms with Crippen LogP contribution in [0.2, 0.25) is 0 Å². The van der Waals surface area contributed by atoms with E-state index >= 15 is 0 Å². The van der Waals surface area contributed by atoms with Gasteiger partial charge in [0, 0.05) is 11.6 Å². The first-order valence-electron chi connectivity index (χ1n) is 6.74. The highest BCUT2D eigenvalue weighted by molar-refractivity contribution is 5.40. The molecular weight excluding hydrogens is 247 g/mol. The van der Waals surface area contributed by atoms with Gasteiger partial charge in [-0.1, -0.05) is 20.3 Å². The number of nitro benzene ring substituents is 1. The minimum absolute atomic E-state index is 0.126. The molecule has 1 aromatic rings. The highest BCUT2D eigenvalue weighted by atomic mass is 19.1. The molecule has 0 aliphatic rings. The summed E-state index contributed by atoms with van der Waals surface area (Å²) < 4.78 is 13.1. The lowest BCUT2D eigenvalue weighted by atomic mass is 10.0. The molecule has 0 spiro atoms. The Morgan fingerprint density at radius 1 is 1.37 bits per heavy atom. The maximum atomic E-state index is 13.1. The van der Waals surface area contributed by atoms with Crippen molar-refractivity contribution in [1.82, 2.24) is 5.32 Å². The first-order valence-corrected chi connectivity index (χ1v) is 6.74. The number of benzene rings is 1. The Labute approximate surface area is 113 Å². The second kappa shape index (κ2) is 7.84. The molecule has 0 saturated carbocycles. The third-order valence-corrected chi connectivity index (χ3v) is 3.03. The van der Waals surface area contributed by atoms with Crippen LogP contribution >= 0.6 is 0 Å². The normalized spacial score (nSPS) is 12.4. The van der Waals surface area contributed by atoms with E-state index in [0.29, 0.717) is 12.0 Å². The highest BCUT2D eigenvalue weighted by Gasteiger charge is 2.18. The number of nitrogens with one attached hydrogen (secondary N) is 1. The second-order valence-electron chi connectivity index (χ2n) is 4.67.